The molecule has 1 aromatic rings. The molecule has 1 aliphatic rings. The number of hydrogen-bond acceptors (Lipinski definition) is 2. The molecule has 2 atom stereocenters. The van der Waals surface area contributed by atoms with Crippen LogP contribution < -0.4 is 0 Å². The standard InChI is InChI=1S/C14H22O2/c1-13(2,3)12-6-4-5-8-14(12,15)11-7-9-16-10-11/h7,9-10,12,15H,4-6,8H2,1-3H3. The van der Waals surface area contributed by atoms with Gasteiger partial charge in [-0.25, -0.2) is 0 Å². The highest BCUT2D eigenvalue weighted by Gasteiger charge is 2.46. The molecule has 1 heterocycles. The van der Waals surface area contributed by atoms with Gasteiger partial charge in [0.15, 0.2) is 0 Å². The van der Waals surface area contributed by atoms with Gasteiger partial charge in [0.25, 0.3) is 0 Å². The molecule has 90 valence electrons. The molecule has 0 saturated heterocycles. The first-order valence-electron chi connectivity index (χ1n) is 6.19. The Morgan fingerprint density at radius 2 is 2.12 bits per heavy atom. The molecule has 2 rings (SSSR count). The van der Waals surface area contributed by atoms with E-state index in [0.717, 1.165) is 24.8 Å². The highest BCUT2D eigenvalue weighted by molar-refractivity contribution is 5.19. The van der Waals surface area contributed by atoms with Crippen LogP contribution in [0.15, 0.2) is 23.0 Å². The van der Waals surface area contributed by atoms with Gasteiger partial charge in [-0.1, -0.05) is 33.6 Å². The van der Waals surface area contributed by atoms with Gasteiger partial charge >= 0.3 is 0 Å². The zero-order valence-corrected chi connectivity index (χ0v) is 10.5. The lowest BCUT2D eigenvalue weighted by molar-refractivity contribution is -0.0962. The Morgan fingerprint density at radius 3 is 2.69 bits per heavy atom. The van der Waals surface area contributed by atoms with Crippen LogP contribution in [0.3, 0.4) is 0 Å². The number of hydrogen-bond donors (Lipinski definition) is 1. The molecule has 0 bridgehead atoms. The zero-order chi connectivity index (χ0) is 11.8. The summed E-state index contributed by atoms with van der Waals surface area (Å²) in [7, 11) is 0. The average Bonchev–Trinajstić information content (AvgIpc) is 2.69. The van der Waals surface area contributed by atoms with Gasteiger partial charge in [0.1, 0.15) is 0 Å². The zero-order valence-electron chi connectivity index (χ0n) is 10.5. The Kier molecular flexibility index (Phi) is 2.87. The monoisotopic (exact) mass is 222 g/mol. The number of rotatable bonds is 1. The second kappa shape index (κ2) is 3.92. The van der Waals surface area contributed by atoms with Crippen molar-refractivity contribution in [3.8, 4) is 0 Å². The minimum absolute atomic E-state index is 0.131. The van der Waals surface area contributed by atoms with E-state index in [1.54, 1.807) is 12.5 Å². The molecular weight excluding hydrogens is 200 g/mol. The summed E-state index contributed by atoms with van der Waals surface area (Å²) < 4.78 is 5.13. The van der Waals surface area contributed by atoms with Crippen molar-refractivity contribution in [3.63, 3.8) is 0 Å². The number of furan rings is 1. The Bertz CT molecular complexity index is 334. The molecule has 0 radical (unpaired) electrons. The topological polar surface area (TPSA) is 33.4 Å². The molecule has 0 aliphatic heterocycles. The average molecular weight is 222 g/mol. The van der Waals surface area contributed by atoms with E-state index < -0.39 is 5.60 Å². The van der Waals surface area contributed by atoms with E-state index in [-0.39, 0.29) is 5.41 Å². The van der Waals surface area contributed by atoms with Gasteiger partial charge in [-0.15, -0.1) is 0 Å². The van der Waals surface area contributed by atoms with Crippen LogP contribution in [0, 0.1) is 11.3 Å². The summed E-state index contributed by atoms with van der Waals surface area (Å²) >= 11 is 0. The summed E-state index contributed by atoms with van der Waals surface area (Å²) in [6.07, 6.45) is 7.64. The first-order chi connectivity index (χ1) is 7.44. The predicted molar refractivity (Wildman–Crippen MR) is 64.0 cm³/mol. The Labute approximate surface area is 97.7 Å². The van der Waals surface area contributed by atoms with Gasteiger partial charge in [0.2, 0.25) is 0 Å². The Morgan fingerprint density at radius 1 is 1.38 bits per heavy atom. The summed E-state index contributed by atoms with van der Waals surface area (Å²) in [5, 5.41) is 11.0. The quantitative estimate of drug-likeness (QED) is 0.786. The fraction of sp³-hybridized carbons (Fsp3) is 0.714. The van der Waals surface area contributed by atoms with Crippen molar-refractivity contribution in [1.82, 2.24) is 0 Å². The largest absolute Gasteiger partial charge is 0.472 e. The van der Waals surface area contributed by atoms with Crippen LogP contribution in [0.2, 0.25) is 0 Å². The molecule has 2 heteroatoms. The molecule has 1 aromatic heterocycles. The summed E-state index contributed by atoms with van der Waals surface area (Å²) in [6.45, 7) is 6.65. The van der Waals surface area contributed by atoms with Crippen LogP contribution in [0.4, 0.5) is 0 Å². The lowest BCUT2D eigenvalue weighted by atomic mass is 9.62. The number of aliphatic hydroxyl groups is 1. The van der Waals surface area contributed by atoms with Crippen molar-refractivity contribution in [3.05, 3.63) is 24.2 Å². The highest BCUT2D eigenvalue weighted by Crippen LogP contribution is 2.49. The van der Waals surface area contributed by atoms with E-state index in [4.69, 9.17) is 4.42 Å². The Hall–Kier alpha value is -0.760. The van der Waals surface area contributed by atoms with Crippen LogP contribution >= 0.6 is 0 Å². The SMILES string of the molecule is CC(C)(C)C1CCCCC1(O)c1ccoc1. The van der Waals surface area contributed by atoms with Gasteiger partial charge < -0.3 is 9.52 Å². The van der Waals surface area contributed by atoms with E-state index in [1.165, 1.54) is 6.42 Å². The van der Waals surface area contributed by atoms with Crippen molar-refractivity contribution in [2.24, 2.45) is 11.3 Å². The molecule has 1 saturated carbocycles. The molecule has 1 aliphatic carbocycles. The van der Waals surface area contributed by atoms with E-state index in [1.807, 2.05) is 6.07 Å². The van der Waals surface area contributed by atoms with E-state index >= 15 is 0 Å². The first-order valence-corrected chi connectivity index (χ1v) is 6.19. The highest BCUT2D eigenvalue weighted by atomic mass is 16.3. The maximum Gasteiger partial charge on any atom is 0.0963 e. The third-order valence-corrected chi connectivity index (χ3v) is 3.94. The van der Waals surface area contributed by atoms with Crippen molar-refractivity contribution < 1.29 is 9.52 Å². The fourth-order valence-corrected chi connectivity index (χ4v) is 3.16. The molecule has 1 N–H and O–H groups in total. The van der Waals surface area contributed by atoms with Crippen molar-refractivity contribution in [2.75, 3.05) is 0 Å². The molecule has 1 fully saturated rings. The van der Waals surface area contributed by atoms with Crippen molar-refractivity contribution in [1.29, 1.82) is 0 Å². The van der Waals surface area contributed by atoms with E-state index in [0.29, 0.717) is 5.92 Å². The molecular formula is C14H22O2. The van der Waals surface area contributed by atoms with Crippen LogP contribution in [0.1, 0.15) is 52.0 Å². The summed E-state index contributed by atoms with van der Waals surface area (Å²) in [4.78, 5) is 0. The van der Waals surface area contributed by atoms with Crippen LogP contribution in [-0.2, 0) is 5.60 Å². The minimum atomic E-state index is -0.691. The minimum Gasteiger partial charge on any atom is -0.472 e. The van der Waals surface area contributed by atoms with E-state index in [2.05, 4.69) is 20.8 Å². The van der Waals surface area contributed by atoms with Crippen molar-refractivity contribution >= 4 is 0 Å². The first kappa shape index (κ1) is 11.7. The normalized spacial score (nSPS) is 31.6. The summed E-state index contributed by atoms with van der Waals surface area (Å²) in [6, 6.07) is 1.91. The molecule has 0 spiro atoms. The third-order valence-electron chi connectivity index (χ3n) is 3.94. The molecule has 2 unspecified atom stereocenters. The van der Waals surface area contributed by atoms with Gasteiger partial charge in [-0.3, -0.25) is 0 Å². The van der Waals surface area contributed by atoms with Crippen LogP contribution in [-0.4, -0.2) is 5.11 Å². The van der Waals surface area contributed by atoms with Gasteiger partial charge in [0.05, 0.1) is 18.1 Å². The lowest BCUT2D eigenvalue weighted by Crippen LogP contribution is -2.44. The van der Waals surface area contributed by atoms with Gasteiger partial charge in [-0.2, -0.15) is 0 Å². The van der Waals surface area contributed by atoms with Gasteiger partial charge in [-0.05, 0) is 30.2 Å². The fourth-order valence-electron chi connectivity index (χ4n) is 3.16. The molecule has 0 aromatic carbocycles. The second-order valence-corrected chi connectivity index (χ2v) is 6.10. The van der Waals surface area contributed by atoms with E-state index in [9.17, 15) is 5.11 Å². The smallest absolute Gasteiger partial charge is 0.0963 e. The second-order valence-electron chi connectivity index (χ2n) is 6.10. The maximum atomic E-state index is 11.0. The van der Waals surface area contributed by atoms with Crippen LogP contribution in [0.5, 0.6) is 0 Å². The summed E-state index contributed by atoms with van der Waals surface area (Å²) in [5.41, 5.74) is 0.391. The summed E-state index contributed by atoms with van der Waals surface area (Å²) in [5.74, 6) is 0.311. The van der Waals surface area contributed by atoms with Crippen LogP contribution in [0.25, 0.3) is 0 Å². The molecule has 0 amide bonds. The van der Waals surface area contributed by atoms with Crippen molar-refractivity contribution in [2.45, 2.75) is 52.1 Å². The molecule has 16 heavy (non-hydrogen) atoms. The predicted octanol–water partition coefficient (Wildman–Crippen LogP) is 3.70. The Balaban J connectivity index is 2.35. The molecule has 2 nitrogen and oxygen atoms in total. The lowest BCUT2D eigenvalue weighted by Gasteiger charge is -2.46. The van der Waals surface area contributed by atoms with Gasteiger partial charge in [0, 0.05) is 5.56 Å². The maximum absolute atomic E-state index is 11.0. The third kappa shape index (κ3) is 1.91.